The van der Waals surface area contributed by atoms with Gasteiger partial charge in [0.05, 0.1) is 13.6 Å². The average Bonchev–Trinajstić information content (AvgIpc) is 1.89. The number of unbranched alkanes of at least 4 members (excludes halogenated alkanes) is 4. The van der Waals surface area contributed by atoms with Gasteiger partial charge in [0, 0.05) is 0 Å². The molecule has 1 nitrogen and oxygen atoms in total. The lowest BCUT2D eigenvalue weighted by atomic mass is 10.1. The van der Waals surface area contributed by atoms with Gasteiger partial charge < -0.3 is 17.7 Å². The molecule has 0 aromatic heterocycles. The van der Waals surface area contributed by atoms with Gasteiger partial charge in [0.25, 0.3) is 0 Å². The standard InChI is InChI=1S/C8H19N.ClH/c1-3-4-5-6-7-8-9-2;/h9H,3-8H2,1-2H3;1H. The van der Waals surface area contributed by atoms with E-state index in [9.17, 15) is 0 Å². The summed E-state index contributed by atoms with van der Waals surface area (Å²) < 4.78 is 0. The van der Waals surface area contributed by atoms with Crippen molar-refractivity contribution in [3.63, 3.8) is 0 Å². The number of hydrogen-bond donors (Lipinski definition) is 1. The zero-order chi connectivity index (χ0) is 6.95. The molecule has 0 aromatic rings. The van der Waals surface area contributed by atoms with Crippen LogP contribution in [0, 0.1) is 0 Å². The minimum atomic E-state index is 0. The lowest BCUT2D eigenvalue weighted by Crippen LogP contribution is -3.00. The van der Waals surface area contributed by atoms with Crippen LogP contribution in [0.2, 0.25) is 0 Å². The maximum absolute atomic E-state index is 2.26. The summed E-state index contributed by atoms with van der Waals surface area (Å²) in [5, 5.41) is 2.26. The molecule has 0 radical (unpaired) electrons. The van der Waals surface area contributed by atoms with Crippen LogP contribution in [0.5, 0.6) is 0 Å². The molecule has 2 heteroatoms. The molecule has 2 N–H and O–H groups in total. The van der Waals surface area contributed by atoms with Crippen molar-refractivity contribution in [3.05, 3.63) is 0 Å². The maximum Gasteiger partial charge on any atom is 0.0753 e. The summed E-state index contributed by atoms with van der Waals surface area (Å²) >= 11 is 0. The third kappa shape index (κ3) is 11.1. The Morgan fingerprint density at radius 1 is 1.00 bits per heavy atom. The van der Waals surface area contributed by atoms with Gasteiger partial charge in [-0.15, -0.1) is 0 Å². The van der Waals surface area contributed by atoms with E-state index in [2.05, 4.69) is 19.3 Å². The number of halogens is 1. The predicted molar refractivity (Wildman–Crippen MR) is 41.5 cm³/mol. The normalized spacial score (nSPS) is 9.00. The van der Waals surface area contributed by atoms with E-state index in [1.165, 1.54) is 38.6 Å². The van der Waals surface area contributed by atoms with Gasteiger partial charge in [0.15, 0.2) is 0 Å². The van der Waals surface area contributed by atoms with Crippen molar-refractivity contribution in [2.24, 2.45) is 0 Å². The molecular formula is C8H20ClN. The van der Waals surface area contributed by atoms with E-state index in [-0.39, 0.29) is 12.4 Å². The van der Waals surface area contributed by atoms with E-state index < -0.39 is 0 Å². The van der Waals surface area contributed by atoms with Crippen molar-refractivity contribution in [2.45, 2.75) is 39.0 Å². The molecule has 0 aromatic carbocycles. The molecule has 0 fully saturated rings. The molecule has 0 heterocycles. The summed E-state index contributed by atoms with van der Waals surface area (Å²) in [5.74, 6) is 0. The highest BCUT2D eigenvalue weighted by Crippen LogP contribution is 1.99. The Bertz CT molecular complexity index is 42.5. The first kappa shape index (κ1) is 12.9. The average molecular weight is 166 g/mol. The highest BCUT2D eigenvalue weighted by molar-refractivity contribution is 4.39. The monoisotopic (exact) mass is 165 g/mol. The minimum Gasteiger partial charge on any atom is -1.00 e. The first-order valence-corrected chi connectivity index (χ1v) is 4.19. The summed E-state index contributed by atoms with van der Waals surface area (Å²) in [6.45, 7) is 3.57. The Morgan fingerprint density at radius 3 is 2.10 bits per heavy atom. The molecule has 0 amide bonds. The molecular weight excluding hydrogens is 146 g/mol. The SMILES string of the molecule is CCCCCCC[NH2+]C.[Cl-]. The Morgan fingerprint density at radius 2 is 1.60 bits per heavy atom. The molecule has 0 bridgehead atoms. The van der Waals surface area contributed by atoms with E-state index in [4.69, 9.17) is 0 Å². The second-order valence-corrected chi connectivity index (χ2v) is 2.61. The van der Waals surface area contributed by atoms with Crippen molar-refractivity contribution in [1.82, 2.24) is 0 Å². The van der Waals surface area contributed by atoms with Gasteiger partial charge in [-0.25, -0.2) is 0 Å². The van der Waals surface area contributed by atoms with Gasteiger partial charge in [-0.1, -0.05) is 26.2 Å². The molecule has 0 aliphatic carbocycles. The summed E-state index contributed by atoms with van der Waals surface area (Å²) in [5.41, 5.74) is 0. The summed E-state index contributed by atoms with van der Waals surface area (Å²) in [4.78, 5) is 0. The van der Waals surface area contributed by atoms with Crippen molar-refractivity contribution in [2.75, 3.05) is 13.6 Å². The molecule has 0 unspecified atom stereocenters. The second kappa shape index (κ2) is 12.0. The van der Waals surface area contributed by atoms with Crippen molar-refractivity contribution in [3.8, 4) is 0 Å². The number of hydrogen-bond acceptors (Lipinski definition) is 0. The minimum absolute atomic E-state index is 0. The highest BCUT2D eigenvalue weighted by atomic mass is 35.5. The highest BCUT2D eigenvalue weighted by Gasteiger charge is 1.87. The molecule has 0 aliphatic heterocycles. The fourth-order valence-electron chi connectivity index (χ4n) is 0.952. The van der Waals surface area contributed by atoms with Crippen LogP contribution in [0.1, 0.15) is 39.0 Å². The first-order valence-electron chi connectivity index (χ1n) is 4.19. The van der Waals surface area contributed by atoms with E-state index >= 15 is 0 Å². The molecule has 0 aliphatic rings. The molecule has 0 rings (SSSR count). The van der Waals surface area contributed by atoms with Crippen LogP contribution in [0.25, 0.3) is 0 Å². The van der Waals surface area contributed by atoms with E-state index in [0.29, 0.717) is 0 Å². The lowest BCUT2D eigenvalue weighted by molar-refractivity contribution is -0.627. The van der Waals surface area contributed by atoms with Gasteiger partial charge in [-0.05, 0) is 12.8 Å². The van der Waals surface area contributed by atoms with Crippen LogP contribution in [-0.2, 0) is 0 Å². The predicted octanol–water partition coefficient (Wildman–Crippen LogP) is -1.85. The number of nitrogens with two attached hydrogens (primary N) is 1. The first-order chi connectivity index (χ1) is 4.41. The fourth-order valence-corrected chi connectivity index (χ4v) is 0.952. The third-order valence-corrected chi connectivity index (χ3v) is 1.60. The van der Waals surface area contributed by atoms with Gasteiger partial charge >= 0.3 is 0 Å². The lowest BCUT2D eigenvalue weighted by Gasteiger charge is -1.95. The van der Waals surface area contributed by atoms with Crippen LogP contribution in [0.15, 0.2) is 0 Å². The number of quaternary nitrogens is 1. The van der Waals surface area contributed by atoms with Crippen LogP contribution >= 0.6 is 0 Å². The molecule has 10 heavy (non-hydrogen) atoms. The van der Waals surface area contributed by atoms with Crippen LogP contribution in [0.4, 0.5) is 0 Å². The molecule has 0 saturated carbocycles. The fraction of sp³-hybridized carbons (Fsp3) is 1.00. The molecule has 0 spiro atoms. The van der Waals surface area contributed by atoms with E-state index in [0.717, 1.165) is 0 Å². The third-order valence-electron chi connectivity index (χ3n) is 1.60. The van der Waals surface area contributed by atoms with Crippen molar-refractivity contribution in [1.29, 1.82) is 0 Å². The van der Waals surface area contributed by atoms with Gasteiger partial charge in [-0.3, -0.25) is 0 Å². The van der Waals surface area contributed by atoms with Crippen LogP contribution in [-0.4, -0.2) is 13.6 Å². The Balaban J connectivity index is 0. The summed E-state index contributed by atoms with van der Waals surface area (Å²) in [7, 11) is 2.14. The van der Waals surface area contributed by atoms with Crippen molar-refractivity contribution < 1.29 is 17.7 Å². The maximum atomic E-state index is 2.26. The van der Waals surface area contributed by atoms with Crippen LogP contribution < -0.4 is 17.7 Å². The number of rotatable bonds is 6. The molecule has 0 saturated heterocycles. The van der Waals surface area contributed by atoms with Gasteiger partial charge in [-0.2, -0.15) is 0 Å². The molecule has 64 valence electrons. The van der Waals surface area contributed by atoms with Gasteiger partial charge in [0.1, 0.15) is 0 Å². The van der Waals surface area contributed by atoms with Gasteiger partial charge in [0.2, 0.25) is 0 Å². The summed E-state index contributed by atoms with van der Waals surface area (Å²) in [6, 6.07) is 0. The smallest absolute Gasteiger partial charge is 0.0753 e. The van der Waals surface area contributed by atoms with E-state index in [1.54, 1.807) is 0 Å². The quantitative estimate of drug-likeness (QED) is 0.446. The Labute approximate surface area is 71.0 Å². The zero-order valence-electron chi connectivity index (χ0n) is 7.20. The Hall–Kier alpha value is 0.250. The topological polar surface area (TPSA) is 16.6 Å². The second-order valence-electron chi connectivity index (χ2n) is 2.61. The molecule has 0 atom stereocenters. The Kier molecular flexibility index (Phi) is 15.4. The summed E-state index contributed by atoms with van der Waals surface area (Å²) in [6.07, 6.45) is 7.04. The largest absolute Gasteiger partial charge is 1.00 e. The van der Waals surface area contributed by atoms with E-state index in [1.807, 2.05) is 0 Å². The van der Waals surface area contributed by atoms with Crippen molar-refractivity contribution >= 4 is 0 Å². The zero-order valence-corrected chi connectivity index (χ0v) is 7.95. The van der Waals surface area contributed by atoms with Crippen LogP contribution in [0.3, 0.4) is 0 Å².